The first-order valence-corrected chi connectivity index (χ1v) is 7.03. The zero-order valence-corrected chi connectivity index (χ0v) is 11.4. The molecule has 0 aromatic heterocycles. The van der Waals surface area contributed by atoms with Gasteiger partial charge in [-0.3, -0.25) is 4.79 Å². The van der Waals surface area contributed by atoms with Crippen molar-refractivity contribution in [3.05, 3.63) is 29.8 Å². The lowest BCUT2D eigenvalue weighted by Crippen LogP contribution is -2.41. The number of nitrogens with one attached hydrogen (secondary N) is 1. The van der Waals surface area contributed by atoms with E-state index in [-0.39, 0.29) is 11.7 Å². The first-order chi connectivity index (χ1) is 9.22. The number of hydrogen-bond donors (Lipinski definition) is 2. The molecule has 1 aliphatic rings. The van der Waals surface area contributed by atoms with Crippen molar-refractivity contribution in [1.82, 2.24) is 10.2 Å². The summed E-state index contributed by atoms with van der Waals surface area (Å²) in [5, 5.41) is 13.2. The normalized spacial score (nSPS) is 18.5. The predicted octanol–water partition coefficient (Wildman–Crippen LogP) is 2.00. The molecule has 2 N–H and O–H groups in total. The van der Waals surface area contributed by atoms with Crippen molar-refractivity contribution in [1.29, 1.82) is 0 Å². The topological polar surface area (TPSA) is 52.6 Å². The van der Waals surface area contributed by atoms with Gasteiger partial charge in [-0.25, -0.2) is 0 Å². The summed E-state index contributed by atoms with van der Waals surface area (Å²) in [6.45, 7) is 4.55. The molecule has 0 saturated carbocycles. The third kappa shape index (κ3) is 3.47. The molecule has 0 aliphatic carbocycles. The van der Waals surface area contributed by atoms with E-state index < -0.39 is 0 Å². The summed E-state index contributed by atoms with van der Waals surface area (Å²) in [5.41, 5.74) is 0.397. The molecule has 4 nitrogen and oxygen atoms in total. The Hall–Kier alpha value is -1.55. The molecule has 1 aromatic rings. The third-order valence-corrected chi connectivity index (χ3v) is 3.52. The summed E-state index contributed by atoms with van der Waals surface area (Å²) in [6, 6.07) is 7.15. The molecule has 1 amide bonds. The number of rotatable bonds is 5. The molecule has 0 radical (unpaired) electrons. The number of aromatic hydroxyl groups is 1. The van der Waals surface area contributed by atoms with Gasteiger partial charge in [0, 0.05) is 19.1 Å². The molecule has 1 atom stereocenters. The van der Waals surface area contributed by atoms with Crippen molar-refractivity contribution in [3.8, 4) is 5.75 Å². The average Bonchev–Trinajstić information content (AvgIpc) is 2.91. The van der Waals surface area contributed by atoms with Crippen LogP contribution in [-0.4, -0.2) is 41.6 Å². The van der Waals surface area contributed by atoms with Gasteiger partial charge >= 0.3 is 0 Å². The second-order valence-corrected chi connectivity index (χ2v) is 5.06. The lowest BCUT2D eigenvalue weighted by atomic mass is 10.1. The molecule has 0 bridgehead atoms. The minimum Gasteiger partial charge on any atom is -0.507 e. The van der Waals surface area contributed by atoms with Gasteiger partial charge in [-0.2, -0.15) is 0 Å². The minimum absolute atomic E-state index is 0.0629. The van der Waals surface area contributed by atoms with E-state index in [1.807, 2.05) is 4.90 Å². The molecule has 2 rings (SSSR count). The Balaban J connectivity index is 2.09. The van der Waals surface area contributed by atoms with Gasteiger partial charge in [-0.05, 0) is 37.9 Å². The number of nitrogens with zero attached hydrogens (tertiary/aromatic N) is 1. The first-order valence-electron chi connectivity index (χ1n) is 7.03. The quantitative estimate of drug-likeness (QED) is 0.853. The fourth-order valence-corrected chi connectivity index (χ4v) is 2.55. The minimum atomic E-state index is -0.0753. The Kier molecular flexibility index (Phi) is 4.80. The summed E-state index contributed by atoms with van der Waals surface area (Å²) >= 11 is 0. The Bertz CT molecular complexity index is 428. The molecule has 1 unspecified atom stereocenters. The van der Waals surface area contributed by atoms with Crippen LogP contribution >= 0.6 is 0 Å². The van der Waals surface area contributed by atoms with E-state index in [1.165, 1.54) is 6.42 Å². The van der Waals surface area contributed by atoms with Crippen molar-refractivity contribution in [2.75, 3.05) is 19.6 Å². The molecule has 1 heterocycles. The number of carbonyl (C=O) groups excluding carboxylic acids is 1. The van der Waals surface area contributed by atoms with E-state index in [1.54, 1.807) is 24.3 Å². The number of phenols is 1. The second-order valence-electron chi connectivity index (χ2n) is 5.06. The molecular weight excluding hydrogens is 240 g/mol. The van der Waals surface area contributed by atoms with Gasteiger partial charge in [0.1, 0.15) is 5.75 Å². The average molecular weight is 262 g/mol. The fourth-order valence-electron chi connectivity index (χ4n) is 2.55. The van der Waals surface area contributed by atoms with Crippen LogP contribution in [0.2, 0.25) is 0 Å². The van der Waals surface area contributed by atoms with Gasteiger partial charge in [0.2, 0.25) is 0 Å². The van der Waals surface area contributed by atoms with E-state index in [0.29, 0.717) is 11.6 Å². The fraction of sp³-hybridized carbons (Fsp3) is 0.533. The Morgan fingerprint density at radius 1 is 1.47 bits per heavy atom. The summed E-state index contributed by atoms with van der Waals surface area (Å²) in [4.78, 5) is 14.3. The van der Waals surface area contributed by atoms with Crippen LogP contribution in [0, 0.1) is 0 Å². The van der Waals surface area contributed by atoms with E-state index >= 15 is 0 Å². The molecule has 1 saturated heterocycles. The number of para-hydroxylation sites is 1. The van der Waals surface area contributed by atoms with Crippen LogP contribution in [0.5, 0.6) is 5.75 Å². The van der Waals surface area contributed by atoms with Crippen molar-refractivity contribution in [2.24, 2.45) is 0 Å². The molecular formula is C15H22N2O2. The summed E-state index contributed by atoms with van der Waals surface area (Å²) in [5.74, 6) is -0.0124. The van der Waals surface area contributed by atoms with Gasteiger partial charge in [-0.15, -0.1) is 0 Å². The van der Waals surface area contributed by atoms with E-state index in [2.05, 4.69) is 12.2 Å². The van der Waals surface area contributed by atoms with Gasteiger partial charge in [-0.1, -0.05) is 19.1 Å². The molecule has 1 aliphatic heterocycles. The number of benzene rings is 1. The number of phenolic OH excluding ortho intramolecular Hbond substituents is 1. The van der Waals surface area contributed by atoms with Crippen molar-refractivity contribution < 1.29 is 9.90 Å². The maximum absolute atomic E-state index is 12.5. The highest BCUT2D eigenvalue weighted by molar-refractivity contribution is 5.96. The lowest BCUT2D eigenvalue weighted by molar-refractivity contribution is 0.0739. The van der Waals surface area contributed by atoms with Gasteiger partial charge in [0.25, 0.3) is 5.91 Å². The van der Waals surface area contributed by atoms with Crippen molar-refractivity contribution in [3.63, 3.8) is 0 Å². The molecule has 19 heavy (non-hydrogen) atoms. The van der Waals surface area contributed by atoms with Gasteiger partial charge in [0.05, 0.1) is 5.56 Å². The molecule has 0 spiro atoms. The van der Waals surface area contributed by atoms with Crippen molar-refractivity contribution >= 4 is 5.91 Å². The van der Waals surface area contributed by atoms with Gasteiger partial charge in [0.15, 0.2) is 0 Å². The third-order valence-electron chi connectivity index (χ3n) is 3.52. The van der Waals surface area contributed by atoms with Crippen LogP contribution < -0.4 is 5.32 Å². The van der Waals surface area contributed by atoms with E-state index in [4.69, 9.17) is 0 Å². The zero-order chi connectivity index (χ0) is 13.7. The van der Waals surface area contributed by atoms with Crippen LogP contribution in [0.1, 0.15) is 36.5 Å². The summed E-state index contributed by atoms with van der Waals surface area (Å²) in [7, 11) is 0. The van der Waals surface area contributed by atoms with E-state index in [0.717, 1.165) is 32.5 Å². The van der Waals surface area contributed by atoms with Crippen LogP contribution in [-0.2, 0) is 0 Å². The van der Waals surface area contributed by atoms with Crippen LogP contribution in [0.25, 0.3) is 0 Å². The van der Waals surface area contributed by atoms with Crippen LogP contribution in [0.4, 0.5) is 0 Å². The summed E-state index contributed by atoms with van der Waals surface area (Å²) < 4.78 is 0. The molecule has 1 fully saturated rings. The molecule has 4 heteroatoms. The highest BCUT2D eigenvalue weighted by Crippen LogP contribution is 2.19. The largest absolute Gasteiger partial charge is 0.507 e. The molecule has 104 valence electrons. The van der Waals surface area contributed by atoms with E-state index in [9.17, 15) is 9.90 Å². The zero-order valence-electron chi connectivity index (χ0n) is 11.4. The smallest absolute Gasteiger partial charge is 0.257 e. The maximum atomic E-state index is 12.5. The Morgan fingerprint density at radius 3 is 2.89 bits per heavy atom. The first kappa shape index (κ1) is 13.9. The number of hydrogen-bond acceptors (Lipinski definition) is 3. The lowest BCUT2D eigenvalue weighted by Gasteiger charge is -2.25. The Morgan fingerprint density at radius 2 is 2.26 bits per heavy atom. The highest BCUT2D eigenvalue weighted by atomic mass is 16.3. The SMILES string of the molecule is CCCN(CC1CCCN1)C(=O)c1ccccc1O. The second kappa shape index (κ2) is 6.57. The number of carbonyl (C=O) groups is 1. The summed E-state index contributed by atoms with van der Waals surface area (Å²) in [6.07, 6.45) is 3.22. The monoisotopic (exact) mass is 262 g/mol. The Labute approximate surface area is 114 Å². The number of amides is 1. The van der Waals surface area contributed by atoms with Crippen LogP contribution in [0.3, 0.4) is 0 Å². The van der Waals surface area contributed by atoms with Gasteiger partial charge < -0.3 is 15.3 Å². The van der Waals surface area contributed by atoms with Crippen molar-refractivity contribution in [2.45, 2.75) is 32.2 Å². The maximum Gasteiger partial charge on any atom is 0.257 e. The molecule has 1 aromatic carbocycles. The standard InChI is InChI=1S/C15H22N2O2/c1-2-10-17(11-12-6-5-9-16-12)15(19)13-7-3-4-8-14(13)18/h3-4,7-8,12,16,18H,2,5-6,9-11H2,1H3. The van der Waals surface area contributed by atoms with Crippen LogP contribution in [0.15, 0.2) is 24.3 Å². The predicted molar refractivity (Wildman–Crippen MR) is 75.3 cm³/mol. The highest BCUT2D eigenvalue weighted by Gasteiger charge is 2.23.